The normalized spacial score (nSPS) is 20.1. The smallest absolute Gasteiger partial charge is 0.408 e. The lowest BCUT2D eigenvalue weighted by molar-refractivity contribution is -0.143. The Morgan fingerprint density at radius 3 is 2.22 bits per heavy atom. The van der Waals surface area contributed by atoms with Gasteiger partial charge < -0.3 is 30.1 Å². The number of hydrogen-bond acceptors (Lipinski definition) is 11. The Morgan fingerprint density at radius 2 is 1.67 bits per heavy atom. The van der Waals surface area contributed by atoms with Crippen molar-refractivity contribution in [3.63, 3.8) is 0 Å². The molecule has 15 nitrogen and oxygen atoms in total. The highest BCUT2D eigenvalue weighted by molar-refractivity contribution is 7.91. The number of likely N-dealkylation sites (tertiary alicyclic amines) is 1. The molecule has 2 aromatic rings. The summed E-state index contributed by atoms with van der Waals surface area (Å²) in [5.41, 5.74) is -2.59. The molecule has 0 unspecified atom stereocenters. The molecule has 49 heavy (non-hydrogen) atoms. The standard InChI is InChI=1S/C33H46N6O9S/c1-9-16-33(8,29(43)38-49(45,46)20-14-15-20)37-25(40)23-17-19(47-27-26(41)34-21-12-10-11-13-22(21)35-27)18-39(23)28(42)24(31(2,3)4)36-30(44)48-32(5,6)7/h9-13,19-20,23-24H,1,14-18H2,2-8H3,(H,34,41)(H,36,44)(H,37,40)(H,38,43)/t19-,23+,24-,33-/m1/s1. The van der Waals surface area contributed by atoms with Gasteiger partial charge >= 0.3 is 6.09 Å². The Balaban J connectivity index is 1.66. The van der Waals surface area contributed by atoms with E-state index in [1.165, 1.54) is 17.9 Å². The molecule has 0 spiro atoms. The Morgan fingerprint density at radius 1 is 1.06 bits per heavy atom. The van der Waals surface area contributed by atoms with Crippen LogP contribution >= 0.6 is 0 Å². The first-order chi connectivity index (χ1) is 22.6. The molecule has 4 N–H and O–H groups in total. The summed E-state index contributed by atoms with van der Waals surface area (Å²) < 4.78 is 38.7. The molecule has 4 rings (SSSR count). The van der Waals surface area contributed by atoms with Crippen molar-refractivity contribution < 1.29 is 42.2 Å². The van der Waals surface area contributed by atoms with Gasteiger partial charge in [0.2, 0.25) is 21.8 Å². The minimum Gasteiger partial charge on any atom is -0.489 e. The zero-order valence-corrected chi connectivity index (χ0v) is 29.7. The monoisotopic (exact) mass is 702 g/mol. The molecular formula is C33H46N6O9S. The molecule has 16 heteroatoms. The number of hydrogen-bond donors (Lipinski definition) is 4. The van der Waals surface area contributed by atoms with Gasteiger partial charge in [0.1, 0.15) is 29.3 Å². The van der Waals surface area contributed by atoms with Gasteiger partial charge in [-0.15, -0.1) is 6.58 Å². The zero-order valence-electron chi connectivity index (χ0n) is 28.9. The topological polar surface area (TPSA) is 206 Å². The van der Waals surface area contributed by atoms with E-state index in [1.807, 2.05) is 0 Å². The first-order valence-corrected chi connectivity index (χ1v) is 17.6. The summed E-state index contributed by atoms with van der Waals surface area (Å²) >= 11 is 0. The van der Waals surface area contributed by atoms with Crippen LogP contribution in [-0.2, 0) is 29.1 Å². The van der Waals surface area contributed by atoms with Crippen LogP contribution in [0.25, 0.3) is 11.0 Å². The van der Waals surface area contributed by atoms with Crippen LogP contribution in [0.4, 0.5) is 4.79 Å². The second kappa shape index (κ2) is 13.8. The predicted octanol–water partition coefficient (Wildman–Crippen LogP) is 2.68. The number of amides is 4. The third-order valence-electron chi connectivity index (χ3n) is 8.07. The number of carbonyl (C=O) groups excluding carboxylic acids is 4. The number of para-hydroxylation sites is 2. The lowest BCUT2D eigenvalue weighted by atomic mass is 9.85. The maximum Gasteiger partial charge on any atom is 0.408 e. The maximum atomic E-state index is 14.3. The lowest BCUT2D eigenvalue weighted by Crippen LogP contribution is -2.62. The third-order valence-corrected chi connectivity index (χ3v) is 9.89. The second-order valence-electron chi connectivity index (χ2n) is 14.8. The molecule has 0 radical (unpaired) electrons. The molecule has 1 aromatic carbocycles. The second-order valence-corrected chi connectivity index (χ2v) is 16.7. The number of carbonyl (C=O) groups is 4. The van der Waals surface area contributed by atoms with Crippen molar-refractivity contribution in [3.05, 3.63) is 36.9 Å². The van der Waals surface area contributed by atoms with Gasteiger partial charge in [0, 0.05) is 6.42 Å². The number of nitrogens with one attached hydrogen (secondary N) is 3. The van der Waals surface area contributed by atoms with Crippen molar-refractivity contribution in [2.45, 2.75) is 109 Å². The molecular weight excluding hydrogens is 656 g/mol. The Kier molecular flexibility index (Phi) is 10.5. The lowest BCUT2D eigenvalue weighted by Gasteiger charge is -2.36. The molecule has 1 aliphatic carbocycles. The van der Waals surface area contributed by atoms with Gasteiger partial charge in [-0.1, -0.05) is 39.0 Å². The van der Waals surface area contributed by atoms with Crippen LogP contribution in [0.15, 0.2) is 36.9 Å². The van der Waals surface area contributed by atoms with Gasteiger partial charge in [0.25, 0.3) is 17.7 Å². The highest BCUT2D eigenvalue weighted by atomic mass is 32.2. The molecule has 1 saturated heterocycles. The molecule has 1 saturated carbocycles. The highest BCUT2D eigenvalue weighted by Crippen LogP contribution is 2.32. The van der Waals surface area contributed by atoms with Gasteiger partial charge in [0.05, 0.1) is 22.8 Å². The van der Waals surface area contributed by atoms with Gasteiger partial charge in [-0.3, -0.25) is 19.1 Å². The van der Waals surface area contributed by atoms with E-state index in [0.717, 1.165) is 0 Å². The first kappa shape index (κ1) is 37.4. The summed E-state index contributed by atoms with van der Waals surface area (Å²) in [4.78, 5) is 64.3. The first-order valence-electron chi connectivity index (χ1n) is 16.0. The number of nitrogens with zero attached hydrogens (tertiary/aromatic N) is 3. The average Bonchev–Trinajstić information content (AvgIpc) is 3.75. The fourth-order valence-electron chi connectivity index (χ4n) is 5.37. The van der Waals surface area contributed by atoms with E-state index in [4.69, 9.17) is 9.47 Å². The van der Waals surface area contributed by atoms with E-state index in [0.29, 0.717) is 23.9 Å². The summed E-state index contributed by atoms with van der Waals surface area (Å²) in [6.07, 6.45) is 0.260. The number of sulfonamides is 1. The molecule has 268 valence electrons. The third kappa shape index (κ3) is 9.16. The maximum absolute atomic E-state index is 14.3. The van der Waals surface area contributed by atoms with Crippen LogP contribution in [0.2, 0.25) is 0 Å². The number of fused-ring (bicyclic) bond motifs is 1. The molecule has 0 bridgehead atoms. The van der Waals surface area contributed by atoms with Crippen molar-refractivity contribution in [3.8, 4) is 11.8 Å². The molecule has 2 heterocycles. The Labute approximate surface area is 286 Å². The van der Waals surface area contributed by atoms with Crippen LogP contribution in [0.5, 0.6) is 11.8 Å². The quantitative estimate of drug-likeness (QED) is 0.251. The van der Waals surface area contributed by atoms with Gasteiger partial charge in [-0.2, -0.15) is 0 Å². The highest BCUT2D eigenvalue weighted by Gasteiger charge is 2.49. The van der Waals surface area contributed by atoms with Crippen LogP contribution in [0.3, 0.4) is 0 Å². The van der Waals surface area contributed by atoms with E-state index < -0.39 is 79.7 Å². The minimum absolute atomic E-state index is 0.110. The van der Waals surface area contributed by atoms with E-state index >= 15 is 0 Å². The van der Waals surface area contributed by atoms with Gasteiger partial charge in [0.15, 0.2) is 0 Å². The van der Waals surface area contributed by atoms with Crippen LogP contribution < -0.4 is 20.1 Å². The summed E-state index contributed by atoms with van der Waals surface area (Å²) in [5, 5.41) is 15.2. The average molecular weight is 703 g/mol. The van der Waals surface area contributed by atoms with E-state index in [1.54, 1.807) is 65.8 Å². The number of aromatic hydroxyl groups is 1. The fraction of sp³-hybridized carbons (Fsp3) is 0.576. The molecule has 2 fully saturated rings. The summed E-state index contributed by atoms with van der Waals surface area (Å²) in [5.74, 6) is -3.06. The Bertz CT molecular complexity index is 1730. The molecule has 4 amide bonds. The SMILES string of the molecule is C=CC[C@@](C)(NC(=O)[C@@H]1C[C@@H](Oc2nc3ccccc3nc2O)CN1C(=O)[C@@H](NC(=O)OC(C)(C)C)C(C)(C)C)C(=O)NS(=O)(=O)C1CC1. The van der Waals surface area contributed by atoms with Crippen molar-refractivity contribution >= 4 is 44.9 Å². The number of ether oxygens (including phenoxy) is 2. The van der Waals surface area contributed by atoms with Crippen LogP contribution in [0, 0.1) is 5.41 Å². The van der Waals surface area contributed by atoms with Gasteiger partial charge in [-0.25, -0.2) is 23.2 Å². The van der Waals surface area contributed by atoms with Gasteiger partial charge in [-0.05, 0) is 64.5 Å². The molecule has 1 aromatic heterocycles. The molecule has 1 aliphatic heterocycles. The zero-order chi connectivity index (χ0) is 36.5. The van der Waals surface area contributed by atoms with Crippen molar-refractivity contribution in [2.75, 3.05) is 6.54 Å². The minimum atomic E-state index is -3.94. The molecule has 2 aliphatic rings. The number of alkyl carbamates (subject to hydrolysis) is 1. The van der Waals surface area contributed by atoms with E-state index in [9.17, 15) is 32.7 Å². The largest absolute Gasteiger partial charge is 0.489 e. The summed E-state index contributed by atoms with van der Waals surface area (Å²) in [6, 6.07) is 4.40. The van der Waals surface area contributed by atoms with E-state index in [-0.39, 0.29) is 25.3 Å². The van der Waals surface area contributed by atoms with Crippen molar-refractivity contribution in [2.24, 2.45) is 5.41 Å². The number of benzene rings is 1. The van der Waals surface area contributed by atoms with E-state index in [2.05, 4.69) is 31.9 Å². The number of rotatable bonds is 11. The number of aromatic nitrogens is 2. The van der Waals surface area contributed by atoms with Crippen molar-refractivity contribution in [1.82, 2.24) is 30.2 Å². The molecule has 4 atom stereocenters. The fourth-order valence-corrected chi connectivity index (χ4v) is 6.78. The summed E-state index contributed by atoms with van der Waals surface area (Å²) in [7, 11) is -3.94. The van der Waals surface area contributed by atoms with Crippen LogP contribution in [-0.4, -0.2) is 93.3 Å². The Hall–Kier alpha value is -4.47. The predicted molar refractivity (Wildman–Crippen MR) is 180 cm³/mol. The van der Waals surface area contributed by atoms with Crippen molar-refractivity contribution in [1.29, 1.82) is 0 Å². The van der Waals surface area contributed by atoms with Crippen LogP contribution in [0.1, 0.15) is 74.1 Å². The summed E-state index contributed by atoms with van der Waals surface area (Å²) in [6.45, 7) is 15.1.